The number of unbranched alkanes of at least 4 members (excludes halogenated alkanes) is 2. The average molecular weight is 529 g/mol. The highest BCUT2D eigenvalue weighted by atomic mass is 19.2. The minimum atomic E-state index is -1.18. The molecular formula is C33H43F3O2. The molecule has 38 heavy (non-hydrogen) atoms. The highest BCUT2D eigenvalue weighted by Gasteiger charge is 2.28. The number of carbonyl (C=O) groups is 1. The Morgan fingerprint density at radius 3 is 2.05 bits per heavy atom. The Kier molecular flexibility index (Phi) is 10.3. The van der Waals surface area contributed by atoms with E-state index in [-0.39, 0.29) is 17.4 Å². The van der Waals surface area contributed by atoms with Crippen molar-refractivity contribution >= 4 is 5.97 Å². The summed E-state index contributed by atoms with van der Waals surface area (Å²) in [7, 11) is 0. The van der Waals surface area contributed by atoms with Crippen molar-refractivity contribution in [3.8, 4) is 5.75 Å². The normalized spacial score (nSPS) is 23.8. The van der Waals surface area contributed by atoms with Crippen LogP contribution in [0, 0.1) is 29.3 Å². The van der Waals surface area contributed by atoms with Crippen molar-refractivity contribution in [1.29, 1.82) is 0 Å². The number of hydrogen-bond acceptors (Lipinski definition) is 2. The zero-order chi connectivity index (χ0) is 27.1. The Hall–Kier alpha value is -2.30. The third-order valence-corrected chi connectivity index (χ3v) is 9.01. The molecule has 0 aliphatic heterocycles. The lowest BCUT2D eigenvalue weighted by Gasteiger charge is -2.29. The molecule has 0 N–H and O–H groups in total. The van der Waals surface area contributed by atoms with Gasteiger partial charge in [0.2, 0.25) is 5.82 Å². The van der Waals surface area contributed by atoms with Gasteiger partial charge in [-0.1, -0.05) is 64.5 Å². The molecule has 4 rings (SSSR count). The van der Waals surface area contributed by atoms with Crippen LogP contribution in [0.4, 0.5) is 13.2 Å². The van der Waals surface area contributed by atoms with Crippen LogP contribution in [0.2, 0.25) is 0 Å². The first-order valence-electron chi connectivity index (χ1n) is 14.9. The standard InChI is InChI=1S/C33H43F3O2/c1-3-5-6-8-23-9-13-24(14-10-23)26-17-18-28(29(34)21-26)33(37)38-30-20-19-27(31(35)32(30)36)25-15-11-22(7-4-2)12-16-25/h17-25H,3-16H2,1-2H3/t22?,23-,24-,25?. The van der Waals surface area contributed by atoms with Crippen LogP contribution in [-0.2, 0) is 0 Å². The Morgan fingerprint density at radius 2 is 1.42 bits per heavy atom. The Labute approximate surface area is 226 Å². The van der Waals surface area contributed by atoms with Gasteiger partial charge in [-0.3, -0.25) is 0 Å². The van der Waals surface area contributed by atoms with Crippen LogP contribution in [0.15, 0.2) is 30.3 Å². The Morgan fingerprint density at radius 1 is 0.763 bits per heavy atom. The number of ether oxygens (including phenoxy) is 1. The van der Waals surface area contributed by atoms with Crippen molar-refractivity contribution in [2.75, 3.05) is 0 Å². The van der Waals surface area contributed by atoms with Crippen LogP contribution in [0.1, 0.15) is 137 Å². The monoisotopic (exact) mass is 528 g/mol. The van der Waals surface area contributed by atoms with Crippen molar-refractivity contribution in [1.82, 2.24) is 0 Å². The van der Waals surface area contributed by atoms with Gasteiger partial charge in [-0.05, 0) is 104 Å². The smallest absolute Gasteiger partial charge is 0.346 e. The molecule has 5 heteroatoms. The number of hydrogen-bond donors (Lipinski definition) is 0. The van der Waals surface area contributed by atoms with Gasteiger partial charge < -0.3 is 4.74 Å². The largest absolute Gasteiger partial charge is 0.420 e. The molecule has 0 bridgehead atoms. The summed E-state index contributed by atoms with van der Waals surface area (Å²) in [5.74, 6) is -2.66. The van der Waals surface area contributed by atoms with Crippen molar-refractivity contribution in [2.24, 2.45) is 11.8 Å². The first kappa shape index (κ1) is 28.7. The molecule has 0 amide bonds. The second-order valence-corrected chi connectivity index (χ2v) is 11.6. The topological polar surface area (TPSA) is 26.3 Å². The quantitative estimate of drug-likeness (QED) is 0.174. The summed E-state index contributed by atoms with van der Waals surface area (Å²) in [5.41, 5.74) is 0.967. The zero-order valence-corrected chi connectivity index (χ0v) is 23.0. The van der Waals surface area contributed by atoms with E-state index in [1.54, 1.807) is 6.07 Å². The molecule has 208 valence electrons. The lowest BCUT2D eigenvalue weighted by atomic mass is 9.77. The van der Waals surface area contributed by atoms with E-state index in [0.29, 0.717) is 11.5 Å². The first-order chi connectivity index (χ1) is 18.4. The molecule has 0 unspecified atom stereocenters. The maximum Gasteiger partial charge on any atom is 0.346 e. The Balaban J connectivity index is 1.36. The van der Waals surface area contributed by atoms with Gasteiger partial charge in [0.05, 0.1) is 5.56 Å². The minimum absolute atomic E-state index is 0.0289. The zero-order valence-electron chi connectivity index (χ0n) is 23.0. The molecule has 2 fully saturated rings. The SMILES string of the molecule is CCCCC[C@H]1CC[C@H](c2ccc(C(=O)Oc3ccc(C4CCC(CCC)CC4)c(F)c3F)c(F)c2)CC1. The summed E-state index contributed by atoms with van der Waals surface area (Å²) >= 11 is 0. The fourth-order valence-corrected chi connectivity index (χ4v) is 6.68. The second-order valence-electron chi connectivity index (χ2n) is 11.6. The molecule has 2 aliphatic carbocycles. The van der Waals surface area contributed by atoms with Gasteiger partial charge in [-0.25, -0.2) is 13.6 Å². The summed E-state index contributed by atoms with van der Waals surface area (Å²) in [6.45, 7) is 4.39. The summed E-state index contributed by atoms with van der Waals surface area (Å²) in [6.07, 6.45) is 15.4. The highest BCUT2D eigenvalue weighted by molar-refractivity contribution is 5.91. The third kappa shape index (κ3) is 7.01. The lowest BCUT2D eigenvalue weighted by molar-refractivity contribution is 0.0721. The van der Waals surface area contributed by atoms with Crippen LogP contribution in [0.25, 0.3) is 0 Å². The van der Waals surface area contributed by atoms with Crippen LogP contribution < -0.4 is 4.74 Å². The van der Waals surface area contributed by atoms with E-state index in [1.165, 1.54) is 56.4 Å². The summed E-state index contributed by atoms with van der Waals surface area (Å²) in [5, 5.41) is 0. The highest BCUT2D eigenvalue weighted by Crippen LogP contribution is 2.40. The van der Waals surface area contributed by atoms with Crippen molar-refractivity contribution in [3.05, 3.63) is 64.5 Å². The van der Waals surface area contributed by atoms with E-state index >= 15 is 0 Å². The molecular weight excluding hydrogens is 485 g/mol. The van der Waals surface area contributed by atoms with Gasteiger partial charge in [0, 0.05) is 0 Å². The van der Waals surface area contributed by atoms with Gasteiger partial charge in [0.1, 0.15) is 5.82 Å². The Bertz CT molecular complexity index is 1070. The number of esters is 1. The van der Waals surface area contributed by atoms with Crippen LogP contribution in [0.3, 0.4) is 0 Å². The van der Waals surface area contributed by atoms with Crippen LogP contribution in [0.5, 0.6) is 5.75 Å². The molecule has 2 saturated carbocycles. The van der Waals surface area contributed by atoms with Gasteiger partial charge in [-0.2, -0.15) is 4.39 Å². The number of halogens is 3. The summed E-state index contributed by atoms with van der Waals surface area (Å²) in [6, 6.07) is 7.42. The van der Waals surface area contributed by atoms with Gasteiger partial charge in [0.25, 0.3) is 0 Å². The van der Waals surface area contributed by atoms with E-state index in [0.717, 1.165) is 69.3 Å². The second kappa shape index (κ2) is 13.7. The van der Waals surface area contributed by atoms with E-state index in [4.69, 9.17) is 4.74 Å². The van der Waals surface area contributed by atoms with Crippen LogP contribution >= 0.6 is 0 Å². The molecule has 2 nitrogen and oxygen atoms in total. The molecule has 0 aromatic heterocycles. The average Bonchev–Trinajstić information content (AvgIpc) is 2.92. The summed E-state index contributed by atoms with van der Waals surface area (Å²) in [4.78, 5) is 12.7. The molecule has 0 atom stereocenters. The fraction of sp³-hybridized carbons (Fsp3) is 0.606. The van der Waals surface area contributed by atoms with Crippen LogP contribution in [-0.4, -0.2) is 5.97 Å². The molecule has 2 aromatic rings. The van der Waals surface area contributed by atoms with E-state index in [9.17, 15) is 18.0 Å². The maximum absolute atomic E-state index is 15.0. The van der Waals surface area contributed by atoms with Gasteiger partial charge in [-0.15, -0.1) is 0 Å². The maximum atomic E-state index is 15.0. The third-order valence-electron chi connectivity index (χ3n) is 9.01. The minimum Gasteiger partial charge on any atom is -0.420 e. The van der Waals surface area contributed by atoms with Crippen molar-refractivity contribution in [3.63, 3.8) is 0 Å². The van der Waals surface area contributed by atoms with E-state index in [2.05, 4.69) is 13.8 Å². The predicted octanol–water partition coefficient (Wildman–Crippen LogP) is 10.3. The molecule has 0 saturated heterocycles. The number of rotatable bonds is 10. The molecule has 0 heterocycles. The lowest BCUT2D eigenvalue weighted by Crippen LogP contribution is -2.16. The number of benzene rings is 2. The molecule has 0 radical (unpaired) electrons. The fourth-order valence-electron chi connectivity index (χ4n) is 6.68. The number of carbonyl (C=O) groups excluding carboxylic acids is 1. The van der Waals surface area contributed by atoms with E-state index < -0.39 is 29.2 Å². The van der Waals surface area contributed by atoms with Gasteiger partial charge in [0.15, 0.2) is 11.6 Å². The predicted molar refractivity (Wildman–Crippen MR) is 146 cm³/mol. The van der Waals surface area contributed by atoms with E-state index in [1.807, 2.05) is 0 Å². The molecule has 2 aliphatic rings. The summed E-state index contributed by atoms with van der Waals surface area (Å²) < 4.78 is 49.9. The first-order valence-corrected chi connectivity index (χ1v) is 14.9. The van der Waals surface area contributed by atoms with Crippen molar-refractivity contribution < 1.29 is 22.7 Å². The molecule has 2 aromatic carbocycles. The van der Waals surface area contributed by atoms with Crippen molar-refractivity contribution in [2.45, 2.75) is 116 Å². The molecule has 0 spiro atoms. The van der Waals surface area contributed by atoms with Gasteiger partial charge >= 0.3 is 5.97 Å².